The van der Waals surface area contributed by atoms with Gasteiger partial charge in [-0.3, -0.25) is 0 Å². The molecule has 0 saturated heterocycles. The van der Waals surface area contributed by atoms with Crippen molar-refractivity contribution in [1.29, 1.82) is 0 Å². The van der Waals surface area contributed by atoms with Gasteiger partial charge in [0.15, 0.2) is 0 Å². The van der Waals surface area contributed by atoms with E-state index in [4.69, 9.17) is 28.9 Å². The van der Waals surface area contributed by atoms with Gasteiger partial charge in [-0.2, -0.15) is 12.6 Å². The largest absolute Gasteiger partial charge is 0.399 e. The zero-order valence-corrected chi connectivity index (χ0v) is 10.1. The Morgan fingerprint density at radius 2 is 1.73 bits per heavy atom. The van der Waals surface area contributed by atoms with Gasteiger partial charge in [0.2, 0.25) is 0 Å². The van der Waals surface area contributed by atoms with Gasteiger partial charge in [0.25, 0.3) is 0 Å². The average molecular weight is 268 g/mol. The average Bonchev–Trinajstić information content (AvgIpc) is 2.14. The van der Waals surface area contributed by atoms with E-state index in [1.807, 2.05) is 0 Å². The van der Waals surface area contributed by atoms with E-state index in [1.54, 1.807) is 0 Å². The lowest BCUT2D eigenvalue weighted by Crippen LogP contribution is -2.20. The Kier molecular flexibility index (Phi) is 4.55. The van der Waals surface area contributed by atoms with Gasteiger partial charge in [0, 0.05) is 27.0 Å². The topological polar surface area (TPSA) is 66.5 Å². The summed E-state index contributed by atoms with van der Waals surface area (Å²) >= 11 is 15.6. The van der Waals surface area contributed by atoms with Gasteiger partial charge < -0.3 is 15.9 Å². The lowest BCUT2D eigenvalue weighted by atomic mass is 10.0. The summed E-state index contributed by atoms with van der Waals surface area (Å²) in [6.07, 6.45) is -2.19. The van der Waals surface area contributed by atoms with E-state index in [0.29, 0.717) is 5.69 Å². The van der Waals surface area contributed by atoms with Crippen molar-refractivity contribution in [2.24, 2.45) is 0 Å². The summed E-state index contributed by atoms with van der Waals surface area (Å²) in [6, 6.07) is 2.94. The van der Waals surface area contributed by atoms with Crippen LogP contribution in [0.4, 0.5) is 5.69 Å². The number of nitrogen functional groups attached to an aromatic ring is 1. The molecule has 3 nitrogen and oxygen atoms in total. The first-order valence-electron chi connectivity index (χ1n) is 4.18. The van der Waals surface area contributed by atoms with Crippen LogP contribution in [0.5, 0.6) is 0 Å². The van der Waals surface area contributed by atoms with E-state index in [0.717, 1.165) is 0 Å². The Morgan fingerprint density at radius 3 is 2.13 bits per heavy atom. The molecule has 15 heavy (non-hydrogen) atoms. The zero-order chi connectivity index (χ0) is 11.6. The number of thiol groups is 1. The van der Waals surface area contributed by atoms with Crippen molar-refractivity contribution in [3.8, 4) is 0 Å². The van der Waals surface area contributed by atoms with Crippen LogP contribution < -0.4 is 5.73 Å². The van der Waals surface area contributed by atoms with E-state index < -0.39 is 12.2 Å². The summed E-state index contributed by atoms with van der Waals surface area (Å²) in [7, 11) is 0. The molecule has 0 heterocycles. The summed E-state index contributed by atoms with van der Waals surface area (Å²) in [6.45, 7) is 0. The molecule has 2 atom stereocenters. The zero-order valence-electron chi connectivity index (χ0n) is 7.69. The Balaban J connectivity index is 3.13. The molecule has 1 aromatic carbocycles. The molecule has 0 fully saturated rings. The van der Waals surface area contributed by atoms with Crippen LogP contribution in [0.25, 0.3) is 0 Å². The highest BCUT2D eigenvalue weighted by Gasteiger charge is 2.22. The molecule has 0 aliphatic rings. The lowest BCUT2D eigenvalue weighted by molar-refractivity contribution is 0.0339. The fourth-order valence-electron chi connectivity index (χ4n) is 1.18. The van der Waals surface area contributed by atoms with Gasteiger partial charge in [0.05, 0.1) is 6.10 Å². The van der Waals surface area contributed by atoms with E-state index in [2.05, 4.69) is 12.6 Å². The highest BCUT2D eigenvalue weighted by atomic mass is 35.5. The quantitative estimate of drug-likeness (QED) is 0.500. The van der Waals surface area contributed by atoms with Crippen LogP contribution in [0.3, 0.4) is 0 Å². The smallest absolute Gasteiger partial charge is 0.109 e. The Morgan fingerprint density at radius 1 is 1.27 bits per heavy atom. The highest BCUT2D eigenvalue weighted by Crippen LogP contribution is 2.34. The number of aliphatic hydroxyl groups excluding tert-OH is 2. The first-order chi connectivity index (χ1) is 6.97. The second kappa shape index (κ2) is 5.27. The number of rotatable bonds is 3. The predicted octanol–water partition coefficient (Wildman–Crippen LogP) is 1.90. The van der Waals surface area contributed by atoms with Crippen LogP contribution in [0.2, 0.25) is 10.0 Å². The summed E-state index contributed by atoms with van der Waals surface area (Å²) in [4.78, 5) is 0. The van der Waals surface area contributed by atoms with Crippen molar-refractivity contribution in [3.63, 3.8) is 0 Å². The number of anilines is 1. The van der Waals surface area contributed by atoms with Crippen LogP contribution >= 0.6 is 35.8 Å². The normalized spacial score (nSPS) is 15.0. The maximum atomic E-state index is 9.73. The second-order valence-corrected chi connectivity index (χ2v) is 4.27. The molecule has 1 aromatic rings. The van der Waals surface area contributed by atoms with E-state index in [9.17, 15) is 10.2 Å². The predicted molar refractivity (Wildman–Crippen MR) is 65.7 cm³/mol. The standard InChI is InChI=1S/C9H11Cl2NO2S/c10-5-1-4(12)2-6(11)8(5)9(14)7(13)3-15/h1-2,7,9,13-15H,3,12H2. The van der Waals surface area contributed by atoms with E-state index >= 15 is 0 Å². The van der Waals surface area contributed by atoms with Gasteiger partial charge in [-0.05, 0) is 12.1 Å². The van der Waals surface area contributed by atoms with E-state index in [-0.39, 0.29) is 21.4 Å². The number of hydrogen-bond acceptors (Lipinski definition) is 4. The van der Waals surface area contributed by atoms with Gasteiger partial charge in [-0.25, -0.2) is 0 Å². The fourth-order valence-corrected chi connectivity index (χ4v) is 2.11. The van der Waals surface area contributed by atoms with E-state index in [1.165, 1.54) is 12.1 Å². The fraction of sp³-hybridized carbons (Fsp3) is 0.333. The minimum Gasteiger partial charge on any atom is -0.399 e. The summed E-state index contributed by atoms with van der Waals surface area (Å²) in [5.41, 5.74) is 6.19. The molecule has 4 N–H and O–H groups in total. The van der Waals surface area contributed by atoms with Crippen molar-refractivity contribution in [2.45, 2.75) is 12.2 Å². The van der Waals surface area contributed by atoms with Crippen LogP contribution in [-0.4, -0.2) is 22.1 Å². The molecule has 0 aromatic heterocycles. The Bertz CT molecular complexity index is 339. The Hall–Kier alpha value is -0.130. The molecule has 84 valence electrons. The van der Waals surface area contributed by atoms with Crippen molar-refractivity contribution in [3.05, 3.63) is 27.7 Å². The summed E-state index contributed by atoms with van der Waals surface area (Å²) in [5, 5.41) is 19.6. The maximum Gasteiger partial charge on any atom is 0.109 e. The lowest BCUT2D eigenvalue weighted by Gasteiger charge is -2.19. The van der Waals surface area contributed by atoms with Crippen LogP contribution in [-0.2, 0) is 0 Å². The minimum absolute atomic E-state index is 0.109. The molecule has 0 radical (unpaired) electrons. The molecule has 0 aliphatic carbocycles. The number of hydrogen-bond donors (Lipinski definition) is 4. The van der Waals surface area contributed by atoms with Crippen molar-refractivity contribution < 1.29 is 10.2 Å². The SMILES string of the molecule is Nc1cc(Cl)c(C(O)C(O)CS)c(Cl)c1. The Labute approximate surface area is 103 Å². The monoisotopic (exact) mass is 267 g/mol. The molecule has 6 heteroatoms. The molecule has 0 amide bonds. The number of benzene rings is 1. The number of aliphatic hydroxyl groups is 2. The second-order valence-electron chi connectivity index (χ2n) is 3.09. The summed E-state index contributed by atoms with van der Waals surface area (Å²) < 4.78 is 0. The number of nitrogens with two attached hydrogens (primary N) is 1. The highest BCUT2D eigenvalue weighted by molar-refractivity contribution is 7.80. The maximum absolute atomic E-state index is 9.73. The van der Waals surface area contributed by atoms with Crippen molar-refractivity contribution in [1.82, 2.24) is 0 Å². The van der Waals surface area contributed by atoms with Crippen LogP contribution in [0.15, 0.2) is 12.1 Å². The molecular weight excluding hydrogens is 257 g/mol. The van der Waals surface area contributed by atoms with Gasteiger partial charge in [-0.15, -0.1) is 0 Å². The molecule has 0 bridgehead atoms. The first kappa shape index (κ1) is 12.9. The third-order valence-corrected chi connectivity index (χ3v) is 2.95. The number of halogens is 2. The molecule has 0 saturated carbocycles. The molecule has 1 rings (SSSR count). The molecule has 0 spiro atoms. The minimum atomic E-state index is -1.16. The molecular formula is C9H11Cl2NO2S. The van der Waals surface area contributed by atoms with Crippen LogP contribution in [0, 0.1) is 0 Å². The molecule has 2 unspecified atom stereocenters. The molecule has 0 aliphatic heterocycles. The third-order valence-electron chi connectivity index (χ3n) is 1.95. The summed E-state index contributed by atoms with van der Waals surface area (Å²) in [5.74, 6) is 0.109. The third kappa shape index (κ3) is 2.92. The first-order valence-corrected chi connectivity index (χ1v) is 5.57. The van der Waals surface area contributed by atoms with Gasteiger partial charge in [-0.1, -0.05) is 23.2 Å². The van der Waals surface area contributed by atoms with Crippen molar-refractivity contribution in [2.75, 3.05) is 11.5 Å². The van der Waals surface area contributed by atoms with Crippen molar-refractivity contribution >= 4 is 41.5 Å². The van der Waals surface area contributed by atoms with Crippen LogP contribution in [0.1, 0.15) is 11.7 Å². The van der Waals surface area contributed by atoms with Gasteiger partial charge >= 0.3 is 0 Å². The van der Waals surface area contributed by atoms with Gasteiger partial charge in [0.1, 0.15) is 6.10 Å².